The molecule has 6 heteroatoms. The molecule has 1 unspecified atom stereocenters. The molecule has 2 N–H and O–H groups in total. The second-order valence-electron chi connectivity index (χ2n) is 4.64. The molecule has 0 aliphatic carbocycles. The van der Waals surface area contributed by atoms with Crippen molar-refractivity contribution in [2.75, 3.05) is 0 Å². The van der Waals surface area contributed by atoms with Gasteiger partial charge in [0.2, 0.25) is 0 Å². The van der Waals surface area contributed by atoms with Crippen LogP contribution in [0, 0.1) is 6.92 Å². The highest BCUT2D eigenvalue weighted by atomic mass is 35.5. The van der Waals surface area contributed by atoms with Crippen LogP contribution in [0.2, 0.25) is 15.1 Å². The standard InChI is InChI=1S/C14H16Cl3N3/c1-3-20-13(14(17)8(2)19-20)7-12(18)10-6-9(15)4-5-11(10)16/h4-6,12H,3,7,18H2,1-2H3. The molecule has 0 aliphatic rings. The van der Waals surface area contributed by atoms with Gasteiger partial charge < -0.3 is 5.73 Å². The molecule has 1 heterocycles. The van der Waals surface area contributed by atoms with Gasteiger partial charge in [0.05, 0.1) is 16.4 Å². The van der Waals surface area contributed by atoms with E-state index in [1.54, 1.807) is 18.2 Å². The summed E-state index contributed by atoms with van der Waals surface area (Å²) in [7, 11) is 0. The van der Waals surface area contributed by atoms with Gasteiger partial charge in [0.1, 0.15) is 0 Å². The highest BCUT2D eigenvalue weighted by Gasteiger charge is 2.18. The number of rotatable bonds is 4. The first-order chi connectivity index (χ1) is 9.43. The van der Waals surface area contributed by atoms with Crippen LogP contribution in [-0.2, 0) is 13.0 Å². The van der Waals surface area contributed by atoms with E-state index in [-0.39, 0.29) is 6.04 Å². The van der Waals surface area contributed by atoms with Crippen LogP contribution in [0.1, 0.15) is 29.9 Å². The zero-order chi connectivity index (χ0) is 14.9. The van der Waals surface area contributed by atoms with Gasteiger partial charge in [0.15, 0.2) is 0 Å². The molecule has 0 aliphatic heterocycles. The van der Waals surface area contributed by atoms with Crippen LogP contribution in [0.4, 0.5) is 0 Å². The summed E-state index contributed by atoms with van der Waals surface area (Å²) in [5.74, 6) is 0. The monoisotopic (exact) mass is 331 g/mol. The highest BCUT2D eigenvalue weighted by Crippen LogP contribution is 2.30. The predicted molar refractivity (Wildman–Crippen MR) is 84.7 cm³/mol. The van der Waals surface area contributed by atoms with Gasteiger partial charge >= 0.3 is 0 Å². The van der Waals surface area contributed by atoms with Crippen molar-refractivity contribution in [3.8, 4) is 0 Å². The maximum Gasteiger partial charge on any atom is 0.0847 e. The number of halogens is 3. The van der Waals surface area contributed by atoms with Gasteiger partial charge in [-0.15, -0.1) is 0 Å². The summed E-state index contributed by atoms with van der Waals surface area (Å²) >= 11 is 18.5. The van der Waals surface area contributed by atoms with Crippen molar-refractivity contribution in [1.82, 2.24) is 9.78 Å². The lowest BCUT2D eigenvalue weighted by Gasteiger charge is -2.15. The fourth-order valence-electron chi connectivity index (χ4n) is 2.18. The van der Waals surface area contributed by atoms with Gasteiger partial charge in [0, 0.05) is 29.1 Å². The molecular weight excluding hydrogens is 317 g/mol. The summed E-state index contributed by atoms with van der Waals surface area (Å²) < 4.78 is 1.87. The van der Waals surface area contributed by atoms with Crippen LogP contribution in [0.25, 0.3) is 0 Å². The van der Waals surface area contributed by atoms with E-state index in [2.05, 4.69) is 5.10 Å². The first kappa shape index (κ1) is 15.6. The van der Waals surface area contributed by atoms with Gasteiger partial charge in [-0.25, -0.2) is 0 Å². The second kappa shape index (κ2) is 6.35. The fraction of sp³-hybridized carbons (Fsp3) is 0.357. The number of aromatic nitrogens is 2. The molecule has 1 aromatic heterocycles. The third kappa shape index (κ3) is 3.12. The maximum atomic E-state index is 6.30. The van der Waals surface area contributed by atoms with Crippen LogP contribution in [0.15, 0.2) is 18.2 Å². The molecule has 1 atom stereocenters. The summed E-state index contributed by atoms with van der Waals surface area (Å²) in [5.41, 5.74) is 8.81. The minimum absolute atomic E-state index is 0.278. The predicted octanol–water partition coefficient (Wildman–Crippen LogP) is 4.41. The van der Waals surface area contributed by atoms with Crippen LogP contribution >= 0.6 is 34.8 Å². The minimum atomic E-state index is -0.278. The molecule has 3 nitrogen and oxygen atoms in total. The molecule has 0 spiro atoms. The van der Waals surface area contributed by atoms with Crippen molar-refractivity contribution in [2.45, 2.75) is 32.9 Å². The molecule has 0 radical (unpaired) electrons. The lowest BCUT2D eigenvalue weighted by molar-refractivity contribution is 0.587. The van der Waals surface area contributed by atoms with Crippen LogP contribution in [0.3, 0.4) is 0 Å². The SMILES string of the molecule is CCn1nc(C)c(Cl)c1CC(N)c1cc(Cl)ccc1Cl. The average Bonchev–Trinajstić information content (AvgIpc) is 2.69. The van der Waals surface area contributed by atoms with Crippen molar-refractivity contribution >= 4 is 34.8 Å². The van der Waals surface area contributed by atoms with E-state index < -0.39 is 0 Å². The Bertz CT molecular complexity index is 622. The van der Waals surface area contributed by atoms with Gasteiger partial charge in [-0.2, -0.15) is 5.10 Å². The lowest BCUT2D eigenvalue weighted by Crippen LogP contribution is -2.17. The molecule has 0 fully saturated rings. The summed E-state index contributed by atoms with van der Waals surface area (Å²) in [6.07, 6.45) is 0.563. The normalized spacial score (nSPS) is 12.7. The second-order valence-corrected chi connectivity index (χ2v) is 5.86. The molecule has 2 aromatic rings. The molecular formula is C14H16Cl3N3. The Hall–Kier alpha value is -0.740. The molecule has 108 valence electrons. The topological polar surface area (TPSA) is 43.8 Å². The Balaban J connectivity index is 2.32. The summed E-state index contributed by atoms with van der Waals surface area (Å²) in [5, 5.41) is 6.28. The minimum Gasteiger partial charge on any atom is -0.324 e. The Kier molecular flexibility index (Phi) is 4.97. The van der Waals surface area contributed by atoms with E-state index in [0.29, 0.717) is 21.5 Å². The van der Waals surface area contributed by atoms with Gasteiger partial charge in [-0.1, -0.05) is 34.8 Å². The van der Waals surface area contributed by atoms with E-state index in [9.17, 15) is 0 Å². The lowest BCUT2D eigenvalue weighted by atomic mass is 10.0. The van der Waals surface area contributed by atoms with Crippen molar-refractivity contribution in [3.05, 3.63) is 50.2 Å². The third-order valence-corrected chi connectivity index (χ3v) is 4.29. The largest absolute Gasteiger partial charge is 0.324 e. The van der Waals surface area contributed by atoms with Crippen molar-refractivity contribution < 1.29 is 0 Å². The van der Waals surface area contributed by atoms with Crippen LogP contribution in [-0.4, -0.2) is 9.78 Å². The summed E-state index contributed by atoms with van der Waals surface area (Å²) in [6, 6.07) is 5.01. The zero-order valence-corrected chi connectivity index (χ0v) is 13.6. The van der Waals surface area contributed by atoms with Crippen LogP contribution < -0.4 is 5.73 Å². The average molecular weight is 333 g/mol. The fourth-order valence-corrected chi connectivity index (χ4v) is 2.83. The Morgan fingerprint density at radius 1 is 1.30 bits per heavy atom. The van der Waals surface area contributed by atoms with E-state index in [0.717, 1.165) is 23.5 Å². The zero-order valence-electron chi connectivity index (χ0n) is 11.3. The van der Waals surface area contributed by atoms with E-state index >= 15 is 0 Å². The van der Waals surface area contributed by atoms with Gasteiger partial charge in [-0.3, -0.25) is 4.68 Å². The van der Waals surface area contributed by atoms with Gasteiger partial charge in [-0.05, 0) is 37.6 Å². The molecule has 1 aromatic carbocycles. The van der Waals surface area contributed by atoms with Crippen molar-refractivity contribution in [3.63, 3.8) is 0 Å². The molecule has 0 saturated carbocycles. The Morgan fingerprint density at radius 2 is 2.00 bits per heavy atom. The molecule has 2 rings (SSSR count). The quantitative estimate of drug-likeness (QED) is 0.901. The van der Waals surface area contributed by atoms with E-state index in [4.69, 9.17) is 40.5 Å². The van der Waals surface area contributed by atoms with E-state index in [1.807, 2.05) is 18.5 Å². The molecule has 0 bridgehead atoms. The number of hydrogen-bond acceptors (Lipinski definition) is 2. The summed E-state index contributed by atoms with van der Waals surface area (Å²) in [6.45, 7) is 4.65. The Labute approximate surface area is 133 Å². The number of aryl methyl sites for hydroxylation is 2. The van der Waals surface area contributed by atoms with E-state index in [1.165, 1.54) is 0 Å². The van der Waals surface area contributed by atoms with Gasteiger partial charge in [0.25, 0.3) is 0 Å². The number of nitrogens with zero attached hydrogens (tertiary/aromatic N) is 2. The summed E-state index contributed by atoms with van der Waals surface area (Å²) in [4.78, 5) is 0. The first-order valence-electron chi connectivity index (χ1n) is 6.36. The number of benzene rings is 1. The number of hydrogen-bond donors (Lipinski definition) is 1. The Morgan fingerprint density at radius 3 is 2.65 bits per heavy atom. The van der Waals surface area contributed by atoms with Crippen molar-refractivity contribution in [1.29, 1.82) is 0 Å². The number of nitrogens with two attached hydrogens (primary N) is 1. The third-order valence-electron chi connectivity index (χ3n) is 3.22. The maximum absolute atomic E-state index is 6.30. The molecule has 0 saturated heterocycles. The molecule has 20 heavy (non-hydrogen) atoms. The molecule has 0 amide bonds. The van der Waals surface area contributed by atoms with Crippen molar-refractivity contribution in [2.24, 2.45) is 5.73 Å². The first-order valence-corrected chi connectivity index (χ1v) is 7.49. The smallest absolute Gasteiger partial charge is 0.0847 e. The van der Waals surface area contributed by atoms with Crippen LogP contribution in [0.5, 0.6) is 0 Å². The highest BCUT2D eigenvalue weighted by molar-refractivity contribution is 6.33.